The SMILES string of the molecule is c1cc(-c2ccccc2-n2c3ccccc3c3ccccc32)cc(N(c2ccc3c(ccc4ccccc43)c2)c2ccccc2-c2cccc3c2oc2ccccc23)c1. The van der Waals surface area contributed by atoms with Gasteiger partial charge in [0.25, 0.3) is 0 Å². The van der Waals surface area contributed by atoms with Crippen LogP contribution in [-0.4, -0.2) is 4.57 Å². The zero-order chi connectivity index (χ0) is 38.9. The highest BCUT2D eigenvalue weighted by Crippen LogP contribution is 2.46. The van der Waals surface area contributed by atoms with Crippen molar-refractivity contribution in [1.82, 2.24) is 4.57 Å². The third kappa shape index (κ3) is 5.29. The topological polar surface area (TPSA) is 21.3 Å². The Morgan fingerprint density at radius 3 is 1.80 bits per heavy atom. The average molecular weight is 753 g/mol. The molecule has 3 nitrogen and oxygen atoms in total. The molecule has 0 atom stereocenters. The van der Waals surface area contributed by atoms with Gasteiger partial charge in [-0.2, -0.15) is 0 Å². The van der Waals surface area contributed by atoms with Crippen molar-refractivity contribution in [3.63, 3.8) is 0 Å². The summed E-state index contributed by atoms with van der Waals surface area (Å²) in [6.45, 7) is 0. The molecule has 0 fully saturated rings. The second-order valence-corrected chi connectivity index (χ2v) is 15.3. The molecule has 0 unspecified atom stereocenters. The Kier molecular flexibility index (Phi) is 7.54. The van der Waals surface area contributed by atoms with E-state index in [9.17, 15) is 0 Å². The van der Waals surface area contributed by atoms with E-state index in [1.165, 1.54) is 43.4 Å². The van der Waals surface area contributed by atoms with Crippen LogP contribution in [0.3, 0.4) is 0 Å². The first-order chi connectivity index (χ1) is 29.3. The van der Waals surface area contributed by atoms with Gasteiger partial charge in [-0.15, -0.1) is 0 Å². The lowest BCUT2D eigenvalue weighted by Gasteiger charge is -2.29. The number of para-hydroxylation sites is 6. The molecule has 0 bridgehead atoms. The van der Waals surface area contributed by atoms with Gasteiger partial charge in [-0.05, 0) is 81.7 Å². The third-order valence-electron chi connectivity index (χ3n) is 12.0. The summed E-state index contributed by atoms with van der Waals surface area (Å²) in [5, 5.41) is 9.65. The van der Waals surface area contributed by atoms with Crippen LogP contribution in [0.2, 0.25) is 0 Å². The summed E-state index contributed by atoms with van der Waals surface area (Å²) in [5.74, 6) is 0. The predicted octanol–water partition coefficient (Wildman–Crippen LogP) is 15.8. The van der Waals surface area contributed by atoms with Crippen molar-refractivity contribution in [3.05, 3.63) is 218 Å². The molecule has 0 saturated heterocycles. The van der Waals surface area contributed by atoms with Gasteiger partial charge in [0, 0.05) is 49.6 Å². The molecular formula is C56H36N2O. The molecule has 2 aromatic heterocycles. The van der Waals surface area contributed by atoms with E-state index >= 15 is 0 Å². The minimum absolute atomic E-state index is 0.889. The van der Waals surface area contributed by atoms with Crippen molar-refractivity contribution >= 4 is 82.4 Å². The summed E-state index contributed by atoms with van der Waals surface area (Å²) in [6.07, 6.45) is 0. The summed E-state index contributed by atoms with van der Waals surface area (Å²) < 4.78 is 9.07. The maximum absolute atomic E-state index is 6.65. The first-order valence-electron chi connectivity index (χ1n) is 20.2. The predicted molar refractivity (Wildman–Crippen MR) is 249 cm³/mol. The van der Waals surface area contributed by atoms with E-state index < -0.39 is 0 Å². The number of anilines is 3. The van der Waals surface area contributed by atoms with Gasteiger partial charge in [0.1, 0.15) is 11.2 Å². The Morgan fingerprint density at radius 1 is 0.356 bits per heavy atom. The average Bonchev–Trinajstić information content (AvgIpc) is 3.85. The van der Waals surface area contributed by atoms with Crippen LogP contribution in [0.1, 0.15) is 0 Å². The normalized spacial score (nSPS) is 11.7. The standard InChI is InChI=1S/C56H36N2O/c1-2-18-42-37(15-1)31-32-39-36-41(33-34-43(39)42)57(52-27-9-6-22-47(52)49-24-14-25-50-48-23-7-12-30-55(48)59-56(49)50)40-17-13-16-38(35-40)44-19-3-8-26-51(44)58-53-28-10-4-20-45(53)46-21-5-11-29-54(46)58/h1-36H. The van der Waals surface area contributed by atoms with Crippen molar-refractivity contribution in [1.29, 1.82) is 0 Å². The first kappa shape index (κ1) is 33.3. The van der Waals surface area contributed by atoms with E-state index in [0.717, 1.165) is 66.9 Å². The lowest BCUT2D eigenvalue weighted by atomic mass is 9.97. The molecule has 0 aliphatic heterocycles. The monoisotopic (exact) mass is 752 g/mol. The Balaban J connectivity index is 1.09. The van der Waals surface area contributed by atoms with Crippen LogP contribution >= 0.6 is 0 Å². The smallest absolute Gasteiger partial charge is 0.143 e. The quantitative estimate of drug-likeness (QED) is 0.158. The van der Waals surface area contributed by atoms with Crippen LogP contribution in [0.15, 0.2) is 223 Å². The molecule has 0 amide bonds. The van der Waals surface area contributed by atoms with E-state index in [2.05, 4.69) is 222 Å². The fraction of sp³-hybridized carbons (Fsp3) is 0. The lowest BCUT2D eigenvalue weighted by Crippen LogP contribution is -2.11. The number of nitrogens with zero attached hydrogens (tertiary/aromatic N) is 2. The summed E-state index contributed by atoms with van der Waals surface area (Å²) >= 11 is 0. The van der Waals surface area contributed by atoms with Crippen LogP contribution in [0.4, 0.5) is 17.1 Å². The molecule has 0 saturated carbocycles. The second kappa shape index (κ2) is 13.4. The van der Waals surface area contributed by atoms with Gasteiger partial charge in [-0.1, -0.05) is 164 Å². The van der Waals surface area contributed by atoms with Gasteiger partial charge >= 0.3 is 0 Å². The third-order valence-corrected chi connectivity index (χ3v) is 12.0. The lowest BCUT2D eigenvalue weighted by molar-refractivity contribution is 0.670. The van der Waals surface area contributed by atoms with Crippen molar-refractivity contribution in [2.75, 3.05) is 4.90 Å². The Hall–Kier alpha value is -7.88. The fourth-order valence-electron chi connectivity index (χ4n) is 9.33. The molecule has 0 N–H and O–H groups in total. The molecule has 12 rings (SSSR count). The molecule has 0 aliphatic rings. The van der Waals surface area contributed by atoms with Crippen LogP contribution in [0.25, 0.3) is 93.2 Å². The number of hydrogen-bond acceptors (Lipinski definition) is 2. The minimum atomic E-state index is 0.889. The molecule has 276 valence electrons. The minimum Gasteiger partial charge on any atom is -0.455 e. The Bertz CT molecular complexity index is 3540. The van der Waals surface area contributed by atoms with Gasteiger partial charge in [-0.3, -0.25) is 0 Å². The van der Waals surface area contributed by atoms with Gasteiger partial charge in [-0.25, -0.2) is 0 Å². The molecule has 59 heavy (non-hydrogen) atoms. The van der Waals surface area contributed by atoms with Gasteiger partial charge < -0.3 is 13.9 Å². The zero-order valence-corrected chi connectivity index (χ0v) is 32.1. The van der Waals surface area contributed by atoms with Gasteiger partial charge in [0.15, 0.2) is 0 Å². The van der Waals surface area contributed by atoms with Crippen molar-refractivity contribution < 1.29 is 4.42 Å². The van der Waals surface area contributed by atoms with Crippen LogP contribution < -0.4 is 4.90 Å². The number of furan rings is 1. The largest absolute Gasteiger partial charge is 0.455 e. The van der Waals surface area contributed by atoms with Crippen molar-refractivity contribution in [3.8, 4) is 27.9 Å². The van der Waals surface area contributed by atoms with E-state index in [0.29, 0.717) is 0 Å². The van der Waals surface area contributed by atoms with Crippen LogP contribution in [0.5, 0.6) is 0 Å². The van der Waals surface area contributed by atoms with Gasteiger partial charge in [0.2, 0.25) is 0 Å². The van der Waals surface area contributed by atoms with Crippen LogP contribution in [0, 0.1) is 0 Å². The summed E-state index contributed by atoms with van der Waals surface area (Å²) in [6, 6.07) is 78.8. The van der Waals surface area contributed by atoms with Crippen molar-refractivity contribution in [2.24, 2.45) is 0 Å². The highest BCUT2D eigenvalue weighted by atomic mass is 16.3. The molecule has 0 spiro atoms. The van der Waals surface area contributed by atoms with Crippen LogP contribution in [-0.2, 0) is 0 Å². The highest BCUT2D eigenvalue weighted by Gasteiger charge is 2.22. The molecular weight excluding hydrogens is 717 g/mol. The van der Waals surface area contributed by atoms with E-state index in [4.69, 9.17) is 4.42 Å². The molecule has 0 radical (unpaired) electrons. The Morgan fingerprint density at radius 2 is 0.949 bits per heavy atom. The summed E-state index contributed by atoms with van der Waals surface area (Å²) in [5.41, 5.74) is 12.9. The van der Waals surface area contributed by atoms with Gasteiger partial charge in [0.05, 0.1) is 22.4 Å². The Labute approximate surface area is 341 Å². The number of hydrogen-bond donors (Lipinski definition) is 0. The van der Waals surface area contributed by atoms with E-state index in [1.807, 2.05) is 6.07 Å². The maximum Gasteiger partial charge on any atom is 0.143 e. The molecule has 10 aromatic carbocycles. The number of rotatable bonds is 6. The van der Waals surface area contributed by atoms with E-state index in [1.54, 1.807) is 0 Å². The number of benzene rings is 10. The zero-order valence-electron chi connectivity index (χ0n) is 32.1. The first-order valence-corrected chi connectivity index (χ1v) is 20.2. The molecule has 0 aliphatic carbocycles. The number of fused-ring (bicyclic) bond motifs is 9. The van der Waals surface area contributed by atoms with Crippen molar-refractivity contribution in [2.45, 2.75) is 0 Å². The molecule has 2 heterocycles. The molecule has 3 heteroatoms. The summed E-state index contributed by atoms with van der Waals surface area (Å²) in [4.78, 5) is 2.41. The highest BCUT2D eigenvalue weighted by molar-refractivity contribution is 6.12. The fourth-order valence-corrected chi connectivity index (χ4v) is 9.33. The second-order valence-electron chi connectivity index (χ2n) is 15.3. The van der Waals surface area contributed by atoms with E-state index in [-0.39, 0.29) is 0 Å². The molecule has 12 aromatic rings. The summed E-state index contributed by atoms with van der Waals surface area (Å²) in [7, 11) is 0. The maximum atomic E-state index is 6.65. The number of aromatic nitrogens is 1.